The average Bonchev–Trinajstić information content (AvgIpc) is 2.71. The Morgan fingerprint density at radius 2 is 2.20 bits per heavy atom. The lowest BCUT2D eigenvalue weighted by molar-refractivity contribution is 0.256. The van der Waals surface area contributed by atoms with Gasteiger partial charge in [-0.15, -0.1) is 0 Å². The van der Waals surface area contributed by atoms with Crippen LogP contribution in [-0.4, -0.2) is 37.6 Å². The number of rotatable bonds is 7. The van der Waals surface area contributed by atoms with E-state index in [1.54, 1.807) is 0 Å². The van der Waals surface area contributed by atoms with E-state index in [0.29, 0.717) is 0 Å². The van der Waals surface area contributed by atoms with Gasteiger partial charge in [-0.1, -0.05) is 33.1 Å². The van der Waals surface area contributed by atoms with Crippen molar-refractivity contribution in [2.75, 3.05) is 26.7 Å². The molecule has 0 aliphatic carbocycles. The van der Waals surface area contributed by atoms with E-state index < -0.39 is 0 Å². The second-order valence-corrected chi connectivity index (χ2v) is 4.95. The van der Waals surface area contributed by atoms with Crippen molar-refractivity contribution < 1.29 is 0 Å². The van der Waals surface area contributed by atoms with Crippen LogP contribution in [0.1, 0.15) is 46.0 Å². The summed E-state index contributed by atoms with van der Waals surface area (Å²) in [5, 5.41) is 3.39. The van der Waals surface area contributed by atoms with E-state index in [4.69, 9.17) is 0 Å². The highest BCUT2D eigenvalue weighted by Crippen LogP contribution is 2.17. The van der Waals surface area contributed by atoms with Crippen LogP contribution in [0.15, 0.2) is 0 Å². The SMILES string of the molecule is CCCCC(CC)CN1CCC(NC)C1. The molecule has 15 heavy (non-hydrogen) atoms. The molecular formula is C13H28N2. The van der Waals surface area contributed by atoms with Crippen molar-refractivity contribution in [1.29, 1.82) is 0 Å². The normalized spacial score (nSPS) is 24.6. The van der Waals surface area contributed by atoms with Gasteiger partial charge in [0.2, 0.25) is 0 Å². The van der Waals surface area contributed by atoms with Gasteiger partial charge in [-0.25, -0.2) is 0 Å². The van der Waals surface area contributed by atoms with E-state index >= 15 is 0 Å². The summed E-state index contributed by atoms with van der Waals surface area (Å²) in [6, 6.07) is 0.744. The lowest BCUT2D eigenvalue weighted by Crippen LogP contribution is -2.32. The molecule has 1 saturated heterocycles. The van der Waals surface area contributed by atoms with E-state index in [1.807, 2.05) is 0 Å². The maximum Gasteiger partial charge on any atom is 0.0204 e. The maximum atomic E-state index is 3.39. The zero-order valence-electron chi connectivity index (χ0n) is 10.8. The molecular weight excluding hydrogens is 184 g/mol. The number of nitrogens with zero attached hydrogens (tertiary/aromatic N) is 1. The smallest absolute Gasteiger partial charge is 0.0204 e. The molecule has 1 fully saturated rings. The van der Waals surface area contributed by atoms with Crippen LogP contribution in [0.2, 0.25) is 0 Å². The summed E-state index contributed by atoms with van der Waals surface area (Å²) in [4.78, 5) is 2.64. The number of unbranched alkanes of at least 4 members (excludes halogenated alkanes) is 1. The Morgan fingerprint density at radius 3 is 2.73 bits per heavy atom. The molecule has 1 heterocycles. The van der Waals surface area contributed by atoms with Gasteiger partial charge in [-0.3, -0.25) is 0 Å². The van der Waals surface area contributed by atoms with Crippen molar-refractivity contribution in [2.45, 2.75) is 52.0 Å². The molecule has 0 saturated carbocycles. The molecule has 0 aromatic rings. The Hall–Kier alpha value is -0.0800. The van der Waals surface area contributed by atoms with Crippen LogP contribution >= 0.6 is 0 Å². The summed E-state index contributed by atoms with van der Waals surface area (Å²) in [7, 11) is 2.09. The zero-order valence-corrected chi connectivity index (χ0v) is 10.8. The summed E-state index contributed by atoms with van der Waals surface area (Å²) in [6.45, 7) is 8.52. The predicted molar refractivity (Wildman–Crippen MR) is 67.2 cm³/mol. The van der Waals surface area contributed by atoms with Crippen LogP contribution in [-0.2, 0) is 0 Å². The first-order valence-corrected chi connectivity index (χ1v) is 6.69. The Kier molecular flexibility index (Phi) is 6.26. The highest BCUT2D eigenvalue weighted by Gasteiger charge is 2.22. The third kappa shape index (κ3) is 4.52. The number of likely N-dealkylation sites (tertiary alicyclic amines) is 1. The summed E-state index contributed by atoms with van der Waals surface area (Å²) in [6.07, 6.45) is 6.85. The van der Waals surface area contributed by atoms with Gasteiger partial charge in [0.15, 0.2) is 0 Å². The van der Waals surface area contributed by atoms with Crippen molar-refractivity contribution in [3.05, 3.63) is 0 Å². The first-order valence-electron chi connectivity index (χ1n) is 6.69. The Bertz CT molecular complexity index is 159. The van der Waals surface area contributed by atoms with Crippen LogP contribution in [0.25, 0.3) is 0 Å². The zero-order chi connectivity index (χ0) is 11.1. The van der Waals surface area contributed by atoms with Crippen molar-refractivity contribution in [2.24, 2.45) is 5.92 Å². The van der Waals surface area contributed by atoms with Gasteiger partial charge in [0.1, 0.15) is 0 Å². The van der Waals surface area contributed by atoms with Crippen molar-refractivity contribution >= 4 is 0 Å². The minimum absolute atomic E-state index is 0.744. The maximum absolute atomic E-state index is 3.39. The van der Waals surface area contributed by atoms with Crippen LogP contribution in [0.4, 0.5) is 0 Å². The van der Waals surface area contributed by atoms with Crippen molar-refractivity contribution in [1.82, 2.24) is 10.2 Å². The largest absolute Gasteiger partial charge is 0.316 e. The first kappa shape index (κ1) is 13.0. The molecule has 1 aliphatic heterocycles. The van der Waals surface area contributed by atoms with Crippen LogP contribution in [0.3, 0.4) is 0 Å². The Labute approximate surface area is 95.4 Å². The fraction of sp³-hybridized carbons (Fsp3) is 1.00. The lowest BCUT2D eigenvalue weighted by Gasteiger charge is -2.22. The van der Waals surface area contributed by atoms with E-state index in [9.17, 15) is 0 Å². The van der Waals surface area contributed by atoms with Gasteiger partial charge < -0.3 is 10.2 Å². The van der Waals surface area contributed by atoms with E-state index in [0.717, 1.165) is 12.0 Å². The quantitative estimate of drug-likeness (QED) is 0.697. The highest BCUT2D eigenvalue weighted by atomic mass is 15.2. The number of hydrogen-bond acceptors (Lipinski definition) is 2. The molecule has 0 amide bonds. The molecule has 2 nitrogen and oxygen atoms in total. The third-order valence-electron chi connectivity index (χ3n) is 3.74. The van der Waals surface area contributed by atoms with Gasteiger partial charge >= 0.3 is 0 Å². The summed E-state index contributed by atoms with van der Waals surface area (Å²) < 4.78 is 0. The fourth-order valence-electron chi connectivity index (χ4n) is 2.52. The van der Waals surface area contributed by atoms with Gasteiger partial charge in [0.05, 0.1) is 0 Å². The van der Waals surface area contributed by atoms with Gasteiger partial charge in [-0.05, 0) is 32.4 Å². The number of hydrogen-bond donors (Lipinski definition) is 1. The van der Waals surface area contributed by atoms with Crippen LogP contribution in [0, 0.1) is 5.92 Å². The van der Waals surface area contributed by atoms with Gasteiger partial charge in [0.25, 0.3) is 0 Å². The monoisotopic (exact) mass is 212 g/mol. The second-order valence-electron chi connectivity index (χ2n) is 4.95. The third-order valence-corrected chi connectivity index (χ3v) is 3.74. The Morgan fingerprint density at radius 1 is 1.40 bits per heavy atom. The molecule has 1 N–H and O–H groups in total. The topological polar surface area (TPSA) is 15.3 Å². The number of likely N-dealkylation sites (N-methyl/N-ethyl adjacent to an activating group) is 1. The molecule has 1 aliphatic rings. The molecule has 0 spiro atoms. The van der Waals surface area contributed by atoms with E-state index in [2.05, 4.69) is 31.1 Å². The van der Waals surface area contributed by atoms with Crippen LogP contribution in [0.5, 0.6) is 0 Å². The second kappa shape index (κ2) is 7.24. The summed E-state index contributed by atoms with van der Waals surface area (Å²) >= 11 is 0. The minimum Gasteiger partial charge on any atom is -0.316 e. The minimum atomic E-state index is 0.744. The van der Waals surface area contributed by atoms with Crippen LogP contribution < -0.4 is 5.32 Å². The van der Waals surface area contributed by atoms with E-state index in [1.165, 1.54) is 51.7 Å². The highest BCUT2D eigenvalue weighted by molar-refractivity contribution is 4.80. The molecule has 90 valence electrons. The summed E-state index contributed by atoms with van der Waals surface area (Å²) in [5.41, 5.74) is 0. The molecule has 0 aromatic carbocycles. The molecule has 2 heteroatoms. The molecule has 2 unspecified atom stereocenters. The molecule has 0 radical (unpaired) electrons. The molecule has 0 bridgehead atoms. The van der Waals surface area contributed by atoms with Crippen molar-refractivity contribution in [3.8, 4) is 0 Å². The average molecular weight is 212 g/mol. The number of nitrogens with one attached hydrogen (secondary N) is 1. The summed E-state index contributed by atoms with van der Waals surface area (Å²) in [5.74, 6) is 0.931. The van der Waals surface area contributed by atoms with E-state index in [-0.39, 0.29) is 0 Å². The van der Waals surface area contributed by atoms with Gasteiger partial charge in [-0.2, -0.15) is 0 Å². The van der Waals surface area contributed by atoms with Gasteiger partial charge in [0, 0.05) is 19.1 Å². The standard InChI is InChI=1S/C13H28N2/c1-4-6-7-12(5-2)10-15-9-8-13(11-15)14-3/h12-14H,4-11H2,1-3H3. The molecule has 2 atom stereocenters. The molecule has 1 rings (SSSR count). The van der Waals surface area contributed by atoms with Crippen molar-refractivity contribution in [3.63, 3.8) is 0 Å². The predicted octanol–water partition coefficient (Wildman–Crippen LogP) is 2.50. The fourth-order valence-corrected chi connectivity index (χ4v) is 2.52. The lowest BCUT2D eigenvalue weighted by atomic mass is 9.99. The molecule has 0 aromatic heterocycles. The Balaban J connectivity index is 2.20. The first-order chi connectivity index (χ1) is 7.30.